The summed E-state index contributed by atoms with van der Waals surface area (Å²) in [5.74, 6) is 0.0704. The number of aliphatic carboxylic acids is 1. The van der Waals surface area contributed by atoms with Gasteiger partial charge in [0, 0.05) is 24.7 Å². The third-order valence-corrected chi connectivity index (χ3v) is 4.14. The van der Waals surface area contributed by atoms with Gasteiger partial charge in [-0.2, -0.15) is 0 Å². The molecular weight excluding hydrogens is 269 g/mol. The van der Waals surface area contributed by atoms with Crippen LogP contribution in [0.4, 0.5) is 4.39 Å². The Bertz CT molecular complexity index is 540. The van der Waals surface area contributed by atoms with Gasteiger partial charge in [-0.15, -0.1) is 0 Å². The number of halogens is 1. The highest BCUT2D eigenvalue weighted by Gasteiger charge is 2.25. The van der Waals surface area contributed by atoms with Gasteiger partial charge in [-0.3, -0.25) is 4.90 Å². The van der Waals surface area contributed by atoms with Gasteiger partial charge < -0.3 is 5.11 Å². The molecular formula is C17H22FNO2. The largest absolute Gasteiger partial charge is 0.478 e. The van der Waals surface area contributed by atoms with Crippen LogP contribution < -0.4 is 0 Å². The lowest BCUT2D eigenvalue weighted by atomic mass is 9.95. The maximum Gasteiger partial charge on any atom is 0.328 e. The zero-order valence-electron chi connectivity index (χ0n) is 12.6. The lowest BCUT2D eigenvalue weighted by Crippen LogP contribution is -2.22. The molecule has 1 aromatic rings. The van der Waals surface area contributed by atoms with Crippen molar-refractivity contribution in [1.29, 1.82) is 0 Å². The van der Waals surface area contributed by atoms with Gasteiger partial charge in [0.05, 0.1) is 0 Å². The fraction of sp³-hybridized carbons (Fsp3) is 0.471. The highest BCUT2D eigenvalue weighted by Crippen LogP contribution is 2.25. The number of likely N-dealkylation sites (tertiary alicyclic amines) is 1. The molecule has 1 aliphatic heterocycles. The second-order valence-corrected chi connectivity index (χ2v) is 6.05. The van der Waals surface area contributed by atoms with E-state index in [9.17, 15) is 9.18 Å². The predicted octanol–water partition coefficient (Wildman–Crippen LogP) is 3.40. The number of rotatable bonds is 5. The normalized spacial score (nSPS) is 19.7. The zero-order chi connectivity index (χ0) is 15.4. The Balaban J connectivity index is 2.00. The van der Waals surface area contributed by atoms with Crippen molar-refractivity contribution >= 4 is 12.0 Å². The molecule has 1 unspecified atom stereocenters. The maximum absolute atomic E-state index is 14.1. The van der Waals surface area contributed by atoms with Crippen molar-refractivity contribution in [3.63, 3.8) is 0 Å². The molecule has 0 bridgehead atoms. The number of hydrogen-bond acceptors (Lipinski definition) is 2. The number of hydrogen-bond donors (Lipinski definition) is 1. The molecule has 1 atom stereocenters. The van der Waals surface area contributed by atoms with Gasteiger partial charge in [-0.1, -0.05) is 26.0 Å². The van der Waals surface area contributed by atoms with E-state index in [2.05, 4.69) is 18.7 Å². The molecule has 0 amide bonds. The van der Waals surface area contributed by atoms with Gasteiger partial charge in [-0.25, -0.2) is 9.18 Å². The van der Waals surface area contributed by atoms with Crippen LogP contribution in [0.15, 0.2) is 24.3 Å². The van der Waals surface area contributed by atoms with Gasteiger partial charge in [-0.05, 0) is 42.5 Å². The van der Waals surface area contributed by atoms with E-state index in [0.717, 1.165) is 19.2 Å². The van der Waals surface area contributed by atoms with Gasteiger partial charge >= 0.3 is 5.97 Å². The quantitative estimate of drug-likeness (QED) is 0.845. The SMILES string of the molecule is CC(C)C1CCN(Cc2ccc(/C=C/C(=O)O)cc2F)C1. The first kappa shape index (κ1) is 15.7. The molecule has 1 aliphatic rings. The average Bonchev–Trinajstić information content (AvgIpc) is 2.88. The van der Waals surface area contributed by atoms with Gasteiger partial charge in [0.25, 0.3) is 0 Å². The van der Waals surface area contributed by atoms with Crippen LogP contribution in [0, 0.1) is 17.7 Å². The number of carboxylic acids is 1. The molecule has 0 aromatic heterocycles. The van der Waals surface area contributed by atoms with Crippen LogP contribution in [0.2, 0.25) is 0 Å². The van der Waals surface area contributed by atoms with Crippen molar-refractivity contribution in [1.82, 2.24) is 4.90 Å². The molecule has 114 valence electrons. The highest BCUT2D eigenvalue weighted by molar-refractivity contribution is 5.85. The van der Waals surface area contributed by atoms with E-state index in [1.807, 2.05) is 0 Å². The van der Waals surface area contributed by atoms with Crippen molar-refractivity contribution < 1.29 is 14.3 Å². The van der Waals surface area contributed by atoms with E-state index >= 15 is 0 Å². The highest BCUT2D eigenvalue weighted by atomic mass is 19.1. The van der Waals surface area contributed by atoms with Gasteiger partial charge in [0.1, 0.15) is 5.82 Å². The first-order valence-corrected chi connectivity index (χ1v) is 7.37. The summed E-state index contributed by atoms with van der Waals surface area (Å²) >= 11 is 0. The molecule has 1 fully saturated rings. The summed E-state index contributed by atoms with van der Waals surface area (Å²) in [4.78, 5) is 12.7. The molecule has 21 heavy (non-hydrogen) atoms. The predicted molar refractivity (Wildman–Crippen MR) is 81.3 cm³/mol. The van der Waals surface area contributed by atoms with Crippen molar-refractivity contribution in [2.24, 2.45) is 11.8 Å². The van der Waals surface area contributed by atoms with Crippen molar-refractivity contribution in [2.75, 3.05) is 13.1 Å². The van der Waals surface area contributed by atoms with Crippen LogP contribution in [0.25, 0.3) is 6.08 Å². The summed E-state index contributed by atoms with van der Waals surface area (Å²) in [5, 5.41) is 8.57. The Morgan fingerprint density at radius 2 is 2.29 bits per heavy atom. The molecule has 4 heteroatoms. The van der Waals surface area contributed by atoms with Crippen LogP contribution >= 0.6 is 0 Å². The lowest BCUT2D eigenvalue weighted by Gasteiger charge is -2.18. The molecule has 1 heterocycles. The summed E-state index contributed by atoms with van der Waals surface area (Å²) in [6.45, 7) is 7.13. The van der Waals surface area contributed by atoms with E-state index in [1.165, 1.54) is 18.6 Å². The minimum Gasteiger partial charge on any atom is -0.478 e. The third kappa shape index (κ3) is 4.39. The lowest BCUT2D eigenvalue weighted by molar-refractivity contribution is -0.131. The number of benzene rings is 1. The number of carboxylic acid groups (broad SMARTS) is 1. The molecule has 1 N–H and O–H groups in total. The number of carbonyl (C=O) groups is 1. The molecule has 0 saturated carbocycles. The van der Waals surface area contributed by atoms with Crippen LogP contribution in [0.1, 0.15) is 31.4 Å². The van der Waals surface area contributed by atoms with Crippen LogP contribution in [-0.4, -0.2) is 29.1 Å². The Hall–Kier alpha value is -1.68. The minimum absolute atomic E-state index is 0.268. The molecule has 1 aromatic carbocycles. The Morgan fingerprint density at radius 3 is 2.86 bits per heavy atom. The second kappa shape index (κ2) is 6.85. The van der Waals surface area contributed by atoms with Crippen molar-refractivity contribution in [2.45, 2.75) is 26.8 Å². The molecule has 0 radical (unpaired) electrons. The van der Waals surface area contributed by atoms with Crippen molar-refractivity contribution in [3.05, 3.63) is 41.2 Å². The average molecular weight is 291 g/mol. The van der Waals surface area contributed by atoms with Crippen LogP contribution in [0.5, 0.6) is 0 Å². The summed E-state index contributed by atoms with van der Waals surface area (Å²) in [7, 11) is 0. The standard InChI is InChI=1S/C17H22FNO2/c1-12(2)14-7-8-19(10-14)11-15-5-3-13(9-16(15)18)4-6-17(20)21/h3-6,9,12,14H,7-8,10-11H2,1-2H3,(H,20,21)/b6-4+. The first-order valence-electron chi connectivity index (χ1n) is 7.37. The zero-order valence-corrected chi connectivity index (χ0v) is 12.6. The Kier molecular flexibility index (Phi) is 5.12. The molecule has 1 saturated heterocycles. The summed E-state index contributed by atoms with van der Waals surface area (Å²) in [6.07, 6.45) is 3.60. The fourth-order valence-corrected chi connectivity index (χ4v) is 2.75. The van der Waals surface area contributed by atoms with E-state index in [1.54, 1.807) is 12.1 Å². The topological polar surface area (TPSA) is 40.5 Å². The van der Waals surface area contributed by atoms with Gasteiger partial charge in [0.2, 0.25) is 0 Å². The monoisotopic (exact) mass is 291 g/mol. The minimum atomic E-state index is -1.03. The Labute approximate surface area is 125 Å². The fourth-order valence-electron chi connectivity index (χ4n) is 2.75. The first-order chi connectivity index (χ1) is 9.95. The molecule has 2 rings (SSSR count). The van der Waals surface area contributed by atoms with Crippen molar-refractivity contribution in [3.8, 4) is 0 Å². The van der Waals surface area contributed by atoms with E-state index in [4.69, 9.17) is 5.11 Å². The maximum atomic E-state index is 14.1. The van der Waals surface area contributed by atoms with E-state index in [-0.39, 0.29) is 5.82 Å². The molecule has 0 spiro atoms. The number of nitrogens with zero attached hydrogens (tertiary/aromatic N) is 1. The van der Waals surface area contributed by atoms with Crippen LogP contribution in [-0.2, 0) is 11.3 Å². The second-order valence-electron chi connectivity index (χ2n) is 6.05. The molecule has 0 aliphatic carbocycles. The summed E-state index contributed by atoms with van der Waals surface area (Å²) < 4.78 is 14.1. The van der Waals surface area contributed by atoms with Gasteiger partial charge in [0.15, 0.2) is 0 Å². The van der Waals surface area contributed by atoms with E-state index in [0.29, 0.717) is 29.5 Å². The summed E-state index contributed by atoms with van der Waals surface area (Å²) in [5.41, 5.74) is 1.24. The molecule has 3 nitrogen and oxygen atoms in total. The summed E-state index contributed by atoms with van der Waals surface area (Å²) in [6, 6.07) is 4.90. The van der Waals surface area contributed by atoms with Crippen LogP contribution in [0.3, 0.4) is 0 Å². The third-order valence-electron chi connectivity index (χ3n) is 4.14. The Morgan fingerprint density at radius 1 is 1.52 bits per heavy atom. The van der Waals surface area contributed by atoms with E-state index < -0.39 is 5.97 Å². The smallest absolute Gasteiger partial charge is 0.328 e.